The van der Waals surface area contributed by atoms with Crippen LogP contribution in [0.3, 0.4) is 0 Å². The van der Waals surface area contributed by atoms with Gasteiger partial charge in [0.05, 0.1) is 13.7 Å². The highest BCUT2D eigenvalue weighted by molar-refractivity contribution is 5.78. The largest absolute Gasteiger partial charge is 0.497 e. The summed E-state index contributed by atoms with van der Waals surface area (Å²) in [6.07, 6.45) is 9.69. The second-order valence-corrected chi connectivity index (χ2v) is 7.40. The molecule has 1 aromatic rings. The molecule has 2 saturated heterocycles. The number of ether oxygens (including phenoxy) is 1. The molecule has 0 bridgehead atoms. The van der Waals surface area contributed by atoms with Crippen LogP contribution in [0.25, 0.3) is 0 Å². The quantitative estimate of drug-likeness (QED) is 0.827. The van der Waals surface area contributed by atoms with Crippen molar-refractivity contribution in [2.24, 2.45) is 0 Å². The number of hydrogen-bond acceptors (Lipinski definition) is 3. The molecule has 4 heteroatoms. The molecule has 2 heterocycles. The third-order valence-corrected chi connectivity index (χ3v) is 5.66. The van der Waals surface area contributed by atoms with Crippen LogP contribution in [0.4, 0.5) is 0 Å². The number of rotatable bonds is 4. The summed E-state index contributed by atoms with van der Waals surface area (Å²) >= 11 is 0. The summed E-state index contributed by atoms with van der Waals surface area (Å²) in [7, 11) is 1.70. The molecule has 3 rings (SSSR count). The van der Waals surface area contributed by atoms with Crippen LogP contribution in [0.1, 0.15) is 63.0 Å². The van der Waals surface area contributed by atoms with E-state index < -0.39 is 0 Å². The zero-order valence-corrected chi connectivity index (χ0v) is 15.6. The number of nitrogens with zero attached hydrogens (tertiary/aromatic N) is 2. The van der Waals surface area contributed by atoms with Gasteiger partial charge >= 0.3 is 0 Å². The SMILES string of the molecule is COc1ccc(C2CCCCCN2CC(=O)N2CCCCCC2)cc1. The van der Waals surface area contributed by atoms with Crippen molar-refractivity contribution in [2.45, 2.75) is 57.4 Å². The second-order valence-electron chi connectivity index (χ2n) is 7.40. The average molecular weight is 344 g/mol. The smallest absolute Gasteiger partial charge is 0.236 e. The number of amides is 1. The Bertz CT molecular complexity index is 535. The van der Waals surface area contributed by atoms with Crippen molar-refractivity contribution in [3.8, 4) is 5.75 Å². The van der Waals surface area contributed by atoms with Gasteiger partial charge in [-0.05, 0) is 49.9 Å². The van der Waals surface area contributed by atoms with E-state index >= 15 is 0 Å². The normalized spacial score (nSPS) is 22.9. The first-order valence-corrected chi connectivity index (χ1v) is 9.94. The maximum Gasteiger partial charge on any atom is 0.236 e. The van der Waals surface area contributed by atoms with Gasteiger partial charge in [-0.3, -0.25) is 9.69 Å². The monoisotopic (exact) mass is 344 g/mol. The minimum atomic E-state index is 0.322. The molecule has 2 aliphatic rings. The lowest BCUT2D eigenvalue weighted by Crippen LogP contribution is -2.42. The van der Waals surface area contributed by atoms with Crippen LogP contribution in [0.15, 0.2) is 24.3 Å². The molecule has 0 radical (unpaired) electrons. The number of likely N-dealkylation sites (tertiary alicyclic amines) is 2. The first-order chi connectivity index (χ1) is 12.3. The van der Waals surface area contributed by atoms with Crippen molar-refractivity contribution < 1.29 is 9.53 Å². The molecular formula is C21H32N2O2. The maximum atomic E-state index is 12.9. The molecular weight excluding hydrogens is 312 g/mol. The summed E-state index contributed by atoms with van der Waals surface area (Å²) in [4.78, 5) is 17.4. The summed E-state index contributed by atoms with van der Waals surface area (Å²) < 4.78 is 5.29. The van der Waals surface area contributed by atoms with Gasteiger partial charge in [0.1, 0.15) is 5.75 Å². The van der Waals surface area contributed by atoms with Crippen LogP contribution in [0.2, 0.25) is 0 Å². The first kappa shape index (κ1) is 18.2. The lowest BCUT2D eigenvalue weighted by atomic mass is 10.0. The second kappa shape index (κ2) is 9.23. The molecule has 1 unspecified atom stereocenters. The molecule has 0 spiro atoms. The standard InChI is InChI=1S/C21H32N2O2/c1-25-19-12-10-18(11-13-19)20-9-5-4-8-16-23(20)17-21(24)22-14-6-2-3-7-15-22/h10-13,20H,2-9,14-17H2,1H3. The van der Waals surface area contributed by atoms with E-state index in [1.54, 1.807) is 7.11 Å². The molecule has 0 N–H and O–H groups in total. The number of hydrogen-bond donors (Lipinski definition) is 0. The summed E-state index contributed by atoms with van der Waals surface area (Å²) in [6, 6.07) is 8.75. The summed E-state index contributed by atoms with van der Waals surface area (Å²) in [6.45, 7) is 3.48. The van der Waals surface area contributed by atoms with E-state index in [4.69, 9.17) is 4.74 Å². The fourth-order valence-corrected chi connectivity index (χ4v) is 4.15. The van der Waals surface area contributed by atoms with Crippen LogP contribution in [-0.2, 0) is 4.79 Å². The minimum absolute atomic E-state index is 0.322. The molecule has 25 heavy (non-hydrogen) atoms. The highest BCUT2D eigenvalue weighted by Crippen LogP contribution is 2.31. The van der Waals surface area contributed by atoms with Crippen LogP contribution in [-0.4, -0.2) is 49.0 Å². The molecule has 2 fully saturated rings. The van der Waals surface area contributed by atoms with Crippen LogP contribution >= 0.6 is 0 Å². The number of benzene rings is 1. The van der Waals surface area contributed by atoms with Gasteiger partial charge in [-0.2, -0.15) is 0 Å². The van der Waals surface area contributed by atoms with Crippen molar-refractivity contribution in [3.05, 3.63) is 29.8 Å². The van der Waals surface area contributed by atoms with Crippen molar-refractivity contribution >= 4 is 5.91 Å². The molecule has 1 aromatic carbocycles. The molecule has 1 amide bonds. The van der Waals surface area contributed by atoms with Gasteiger partial charge in [0.25, 0.3) is 0 Å². The maximum absolute atomic E-state index is 12.9. The summed E-state index contributed by atoms with van der Waals surface area (Å²) in [5, 5.41) is 0. The van der Waals surface area contributed by atoms with Gasteiger partial charge < -0.3 is 9.64 Å². The Morgan fingerprint density at radius 1 is 0.960 bits per heavy atom. The van der Waals surface area contributed by atoms with Crippen molar-refractivity contribution in [1.82, 2.24) is 9.80 Å². The fraction of sp³-hybridized carbons (Fsp3) is 0.667. The van der Waals surface area contributed by atoms with Gasteiger partial charge in [-0.1, -0.05) is 37.8 Å². The molecule has 1 atom stereocenters. The predicted molar refractivity (Wildman–Crippen MR) is 101 cm³/mol. The highest BCUT2D eigenvalue weighted by Gasteiger charge is 2.26. The van der Waals surface area contributed by atoms with Crippen LogP contribution in [0, 0.1) is 0 Å². The van der Waals surface area contributed by atoms with Crippen LogP contribution < -0.4 is 4.74 Å². The third-order valence-electron chi connectivity index (χ3n) is 5.66. The Hall–Kier alpha value is -1.55. The van der Waals surface area contributed by atoms with Crippen molar-refractivity contribution in [1.29, 1.82) is 0 Å². The highest BCUT2D eigenvalue weighted by atomic mass is 16.5. The zero-order valence-electron chi connectivity index (χ0n) is 15.6. The van der Waals surface area contributed by atoms with E-state index in [0.717, 1.165) is 44.6 Å². The average Bonchev–Trinajstić information content (AvgIpc) is 3.05. The third kappa shape index (κ3) is 4.97. The molecule has 0 aliphatic carbocycles. The molecule has 138 valence electrons. The van der Waals surface area contributed by atoms with Gasteiger partial charge in [0.15, 0.2) is 0 Å². The van der Waals surface area contributed by atoms with Gasteiger partial charge in [-0.25, -0.2) is 0 Å². The Morgan fingerprint density at radius 3 is 2.28 bits per heavy atom. The van der Waals surface area contributed by atoms with E-state index in [2.05, 4.69) is 21.9 Å². The Morgan fingerprint density at radius 2 is 1.60 bits per heavy atom. The Labute approximate surface area is 152 Å². The van der Waals surface area contributed by atoms with Crippen molar-refractivity contribution in [3.63, 3.8) is 0 Å². The van der Waals surface area contributed by atoms with E-state index in [0.29, 0.717) is 18.5 Å². The van der Waals surface area contributed by atoms with Crippen LogP contribution in [0.5, 0.6) is 5.75 Å². The van der Waals surface area contributed by atoms with E-state index in [-0.39, 0.29) is 0 Å². The molecule has 0 aromatic heterocycles. The van der Waals surface area contributed by atoms with E-state index in [9.17, 15) is 4.79 Å². The number of carbonyl (C=O) groups excluding carboxylic acids is 1. The fourth-order valence-electron chi connectivity index (χ4n) is 4.15. The molecule has 0 saturated carbocycles. The number of carbonyl (C=O) groups is 1. The van der Waals surface area contributed by atoms with E-state index in [1.807, 2.05) is 12.1 Å². The topological polar surface area (TPSA) is 32.8 Å². The summed E-state index contributed by atoms with van der Waals surface area (Å²) in [5.74, 6) is 1.21. The zero-order chi connectivity index (χ0) is 17.5. The lowest BCUT2D eigenvalue weighted by molar-refractivity contribution is -0.133. The van der Waals surface area contributed by atoms with Gasteiger partial charge in [0.2, 0.25) is 5.91 Å². The Balaban J connectivity index is 1.69. The summed E-state index contributed by atoms with van der Waals surface area (Å²) in [5.41, 5.74) is 1.31. The number of methoxy groups -OCH3 is 1. The minimum Gasteiger partial charge on any atom is -0.497 e. The van der Waals surface area contributed by atoms with E-state index in [1.165, 1.54) is 37.7 Å². The van der Waals surface area contributed by atoms with Gasteiger partial charge in [0, 0.05) is 19.1 Å². The van der Waals surface area contributed by atoms with Crippen molar-refractivity contribution in [2.75, 3.05) is 33.3 Å². The molecule has 4 nitrogen and oxygen atoms in total. The lowest BCUT2D eigenvalue weighted by Gasteiger charge is -2.32. The molecule has 2 aliphatic heterocycles. The Kier molecular flexibility index (Phi) is 6.74. The predicted octanol–water partition coefficient (Wildman–Crippen LogP) is 4.01. The first-order valence-electron chi connectivity index (χ1n) is 9.94. The van der Waals surface area contributed by atoms with Gasteiger partial charge in [-0.15, -0.1) is 0 Å².